The first-order chi connectivity index (χ1) is 10.9. The van der Waals surface area contributed by atoms with Gasteiger partial charge in [-0.2, -0.15) is 4.31 Å². The SMILES string of the molecule is CC(CN)N(C)C(=O)c1cccc(S(=O)(=O)N2CCOCC2)c1. The maximum absolute atomic E-state index is 12.6. The zero-order chi connectivity index (χ0) is 17.0. The van der Waals surface area contributed by atoms with Gasteiger partial charge in [0, 0.05) is 38.3 Å². The first-order valence-electron chi connectivity index (χ1n) is 7.53. The summed E-state index contributed by atoms with van der Waals surface area (Å²) in [6.07, 6.45) is 0. The fraction of sp³-hybridized carbons (Fsp3) is 0.533. The fourth-order valence-electron chi connectivity index (χ4n) is 2.29. The van der Waals surface area contributed by atoms with Crippen LogP contribution in [0.5, 0.6) is 0 Å². The Balaban J connectivity index is 2.27. The Morgan fingerprint density at radius 1 is 1.39 bits per heavy atom. The molecule has 1 saturated heterocycles. The van der Waals surface area contributed by atoms with E-state index < -0.39 is 10.0 Å². The van der Waals surface area contributed by atoms with Gasteiger partial charge in [-0.25, -0.2) is 8.42 Å². The largest absolute Gasteiger partial charge is 0.379 e. The second-order valence-electron chi connectivity index (χ2n) is 5.55. The maximum atomic E-state index is 12.6. The van der Waals surface area contributed by atoms with Crippen molar-refractivity contribution in [1.82, 2.24) is 9.21 Å². The van der Waals surface area contributed by atoms with Gasteiger partial charge in [-0.05, 0) is 25.1 Å². The van der Waals surface area contributed by atoms with Gasteiger partial charge < -0.3 is 15.4 Å². The van der Waals surface area contributed by atoms with Crippen LogP contribution in [-0.2, 0) is 14.8 Å². The Morgan fingerprint density at radius 3 is 2.65 bits per heavy atom. The molecule has 1 aromatic rings. The third-order valence-electron chi connectivity index (χ3n) is 4.01. The molecule has 1 amide bonds. The van der Waals surface area contributed by atoms with Gasteiger partial charge in [0.1, 0.15) is 0 Å². The van der Waals surface area contributed by atoms with E-state index in [0.717, 1.165) is 0 Å². The van der Waals surface area contributed by atoms with Gasteiger partial charge in [0.15, 0.2) is 0 Å². The first-order valence-corrected chi connectivity index (χ1v) is 8.97. The average molecular weight is 341 g/mol. The van der Waals surface area contributed by atoms with E-state index in [1.807, 2.05) is 6.92 Å². The van der Waals surface area contributed by atoms with E-state index in [4.69, 9.17) is 10.5 Å². The Hall–Kier alpha value is -1.48. The van der Waals surface area contributed by atoms with Gasteiger partial charge >= 0.3 is 0 Å². The minimum absolute atomic E-state index is 0.123. The van der Waals surface area contributed by atoms with Crippen LogP contribution < -0.4 is 5.73 Å². The monoisotopic (exact) mass is 341 g/mol. The minimum Gasteiger partial charge on any atom is -0.379 e. The van der Waals surface area contributed by atoms with Crippen molar-refractivity contribution in [2.45, 2.75) is 17.9 Å². The number of nitrogens with two attached hydrogens (primary N) is 1. The number of amides is 1. The maximum Gasteiger partial charge on any atom is 0.253 e. The second-order valence-corrected chi connectivity index (χ2v) is 7.48. The molecule has 2 N–H and O–H groups in total. The lowest BCUT2D eigenvalue weighted by atomic mass is 10.2. The summed E-state index contributed by atoms with van der Waals surface area (Å²) in [6, 6.07) is 6.00. The highest BCUT2D eigenvalue weighted by Gasteiger charge is 2.27. The van der Waals surface area contributed by atoms with Crippen molar-refractivity contribution in [3.05, 3.63) is 29.8 Å². The van der Waals surface area contributed by atoms with Crippen molar-refractivity contribution in [3.63, 3.8) is 0 Å². The number of morpholine rings is 1. The second kappa shape index (κ2) is 7.39. The lowest BCUT2D eigenvalue weighted by Gasteiger charge is -2.26. The van der Waals surface area contributed by atoms with Crippen LogP contribution in [-0.4, -0.2) is 69.5 Å². The Bertz CT molecular complexity index is 656. The standard InChI is InChI=1S/C15H23N3O4S/c1-12(11-16)17(2)15(19)13-4-3-5-14(10-13)23(20,21)18-6-8-22-9-7-18/h3-5,10,12H,6-9,11,16H2,1-2H3. The third-order valence-corrected chi connectivity index (χ3v) is 5.91. The first kappa shape index (κ1) is 17.9. The molecule has 0 radical (unpaired) electrons. The van der Waals surface area contributed by atoms with Crippen LogP contribution >= 0.6 is 0 Å². The predicted octanol–water partition coefficient (Wildman–Crippen LogP) is 0.127. The molecule has 23 heavy (non-hydrogen) atoms. The molecular formula is C15H23N3O4S. The minimum atomic E-state index is -3.61. The van der Waals surface area contributed by atoms with Gasteiger partial charge in [0.2, 0.25) is 10.0 Å². The van der Waals surface area contributed by atoms with Crippen molar-refractivity contribution in [3.8, 4) is 0 Å². The highest BCUT2D eigenvalue weighted by atomic mass is 32.2. The predicted molar refractivity (Wildman–Crippen MR) is 86.6 cm³/mol. The molecule has 0 aromatic heterocycles. The summed E-state index contributed by atoms with van der Waals surface area (Å²) in [5.41, 5.74) is 5.91. The average Bonchev–Trinajstić information content (AvgIpc) is 2.60. The molecule has 1 aliphatic rings. The number of sulfonamides is 1. The molecule has 1 fully saturated rings. The molecule has 1 atom stereocenters. The van der Waals surface area contributed by atoms with Crippen molar-refractivity contribution < 1.29 is 17.9 Å². The number of benzene rings is 1. The molecule has 0 saturated carbocycles. The van der Waals surface area contributed by atoms with Crippen LogP contribution in [0.2, 0.25) is 0 Å². The zero-order valence-electron chi connectivity index (χ0n) is 13.4. The molecular weight excluding hydrogens is 318 g/mol. The molecule has 1 aliphatic heterocycles. The van der Waals surface area contributed by atoms with E-state index in [-0.39, 0.29) is 16.8 Å². The van der Waals surface area contributed by atoms with E-state index in [1.54, 1.807) is 19.2 Å². The summed E-state index contributed by atoms with van der Waals surface area (Å²) < 4.78 is 31.9. The van der Waals surface area contributed by atoms with Crippen molar-refractivity contribution in [2.24, 2.45) is 5.73 Å². The van der Waals surface area contributed by atoms with E-state index in [2.05, 4.69) is 0 Å². The van der Waals surface area contributed by atoms with Crippen LogP contribution in [0.15, 0.2) is 29.2 Å². The van der Waals surface area contributed by atoms with Crippen LogP contribution in [0.4, 0.5) is 0 Å². The molecule has 7 nitrogen and oxygen atoms in total. The van der Waals surface area contributed by atoms with Crippen molar-refractivity contribution in [1.29, 1.82) is 0 Å². The highest BCUT2D eigenvalue weighted by molar-refractivity contribution is 7.89. The number of hydrogen-bond donors (Lipinski definition) is 1. The van der Waals surface area contributed by atoms with Gasteiger partial charge in [-0.15, -0.1) is 0 Å². The third kappa shape index (κ3) is 3.89. The van der Waals surface area contributed by atoms with Gasteiger partial charge in [-0.3, -0.25) is 4.79 Å². The number of rotatable bonds is 5. The molecule has 8 heteroatoms. The van der Waals surface area contributed by atoms with Crippen LogP contribution in [0.1, 0.15) is 17.3 Å². The number of carbonyl (C=O) groups excluding carboxylic acids is 1. The smallest absolute Gasteiger partial charge is 0.253 e. The summed E-state index contributed by atoms with van der Waals surface area (Å²) in [4.78, 5) is 14.1. The van der Waals surface area contributed by atoms with Crippen LogP contribution in [0.3, 0.4) is 0 Å². The molecule has 1 unspecified atom stereocenters. The summed E-state index contributed by atoms with van der Waals surface area (Å²) >= 11 is 0. The van der Waals surface area contributed by atoms with Gasteiger partial charge in [0.25, 0.3) is 5.91 Å². The van der Waals surface area contributed by atoms with Crippen LogP contribution in [0, 0.1) is 0 Å². The Morgan fingerprint density at radius 2 is 2.04 bits per heavy atom. The summed E-state index contributed by atoms with van der Waals surface area (Å²) in [5, 5.41) is 0. The van der Waals surface area contributed by atoms with Crippen molar-refractivity contribution >= 4 is 15.9 Å². The van der Waals surface area contributed by atoms with Crippen LogP contribution in [0.25, 0.3) is 0 Å². The van der Waals surface area contributed by atoms with Gasteiger partial charge in [0.05, 0.1) is 18.1 Å². The number of ether oxygens (including phenoxy) is 1. The molecule has 2 rings (SSSR count). The molecule has 0 bridgehead atoms. The van der Waals surface area contributed by atoms with E-state index in [1.165, 1.54) is 21.3 Å². The van der Waals surface area contributed by atoms with Gasteiger partial charge in [-0.1, -0.05) is 6.07 Å². The molecule has 1 heterocycles. The van der Waals surface area contributed by atoms with Crippen molar-refractivity contribution in [2.75, 3.05) is 39.9 Å². The lowest BCUT2D eigenvalue weighted by molar-refractivity contribution is 0.0729. The molecule has 128 valence electrons. The Kier molecular flexibility index (Phi) is 5.74. The fourth-order valence-corrected chi connectivity index (χ4v) is 3.74. The number of carbonyl (C=O) groups is 1. The topological polar surface area (TPSA) is 92.9 Å². The molecule has 0 aliphatic carbocycles. The molecule has 0 spiro atoms. The summed E-state index contributed by atoms with van der Waals surface area (Å²) in [7, 11) is -1.96. The zero-order valence-corrected chi connectivity index (χ0v) is 14.3. The van der Waals surface area contributed by atoms with E-state index in [0.29, 0.717) is 38.4 Å². The lowest BCUT2D eigenvalue weighted by Crippen LogP contribution is -2.41. The number of hydrogen-bond acceptors (Lipinski definition) is 5. The number of likely N-dealkylation sites (N-methyl/N-ethyl adjacent to an activating group) is 1. The quantitative estimate of drug-likeness (QED) is 0.821. The summed E-state index contributed by atoms with van der Waals surface area (Å²) in [6.45, 7) is 3.60. The van der Waals surface area contributed by atoms with E-state index in [9.17, 15) is 13.2 Å². The Labute approximate surface area is 137 Å². The summed E-state index contributed by atoms with van der Waals surface area (Å²) in [5.74, 6) is -0.248. The van der Waals surface area contributed by atoms with E-state index >= 15 is 0 Å². The number of nitrogens with zero attached hydrogens (tertiary/aromatic N) is 2. The molecule has 1 aromatic carbocycles. The highest BCUT2D eigenvalue weighted by Crippen LogP contribution is 2.19. The normalized spacial score (nSPS) is 17.7.